The third-order valence-corrected chi connectivity index (χ3v) is 11.3. The number of carbonyl (C=O) groups is 2. The van der Waals surface area contributed by atoms with Crippen LogP contribution in [0, 0.1) is 0 Å². The number of anilines is 1. The van der Waals surface area contributed by atoms with Crippen LogP contribution in [0.4, 0.5) is 5.69 Å². The van der Waals surface area contributed by atoms with Gasteiger partial charge in [0.25, 0.3) is 10.0 Å². The van der Waals surface area contributed by atoms with E-state index in [1.54, 1.807) is 60.7 Å². The van der Waals surface area contributed by atoms with Crippen molar-refractivity contribution in [1.29, 1.82) is 0 Å². The van der Waals surface area contributed by atoms with E-state index in [1.165, 1.54) is 17.0 Å². The van der Waals surface area contributed by atoms with Crippen LogP contribution in [0.1, 0.15) is 43.2 Å². The number of carbonyl (C=O) groups excluding carboxylic acids is 2. The predicted octanol–water partition coefficient (Wildman–Crippen LogP) is 8.04. The maximum atomic E-state index is 14.7. The molecule has 4 aromatic carbocycles. The van der Waals surface area contributed by atoms with Gasteiger partial charge in [0.2, 0.25) is 11.8 Å². The molecule has 246 valence electrons. The van der Waals surface area contributed by atoms with E-state index in [0.717, 1.165) is 42.0 Å². The fourth-order valence-electron chi connectivity index (χ4n) is 5.83. The van der Waals surface area contributed by atoms with Crippen molar-refractivity contribution in [2.45, 2.75) is 62.0 Å². The molecule has 1 atom stereocenters. The van der Waals surface area contributed by atoms with Crippen molar-refractivity contribution in [2.24, 2.45) is 0 Å². The maximum absolute atomic E-state index is 14.7. The van der Waals surface area contributed by atoms with E-state index in [0.29, 0.717) is 25.8 Å². The normalized spacial score (nSPS) is 14.3. The SMILES string of the molecule is O=C(NC1CCCCC1)[C@H](Cc1ccccc1)N(Cc1c(Cl)cccc1Cl)C(=O)CN(c1cccc(Br)c1)S(=O)(=O)c1ccccc1. The zero-order chi connectivity index (χ0) is 33.4. The molecule has 1 saturated carbocycles. The highest BCUT2D eigenvalue weighted by Crippen LogP contribution is 2.30. The number of hydrogen-bond acceptors (Lipinski definition) is 4. The Hall–Kier alpha value is -3.37. The molecular weight excluding hydrogens is 721 g/mol. The highest BCUT2D eigenvalue weighted by Gasteiger charge is 2.36. The van der Waals surface area contributed by atoms with Crippen LogP contribution in [-0.4, -0.2) is 43.8 Å². The second kappa shape index (κ2) is 16.2. The fraction of sp³-hybridized carbons (Fsp3) is 0.278. The average Bonchev–Trinajstić information content (AvgIpc) is 3.07. The van der Waals surface area contributed by atoms with E-state index in [1.807, 2.05) is 30.3 Å². The number of rotatable bonds is 12. The number of benzene rings is 4. The Morgan fingerprint density at radius 1 is 0.830 bits per heavy atom. The lowest BCUT2D eigenvalue weighted by atomic mass is 9.94. The van der Waals surface area contributed by atoms with Crippen molar-refractivity contribution in [3.63, 3.8) is 0 Å². The quantitative estimate of drug-likeness (QED) is 0.159. The zero-order valence-corrected chi connectivity index (χ0v) is 29.6. The number of hydrogen-bond donors (Lipinski definition) is 1. The van der Waals surface area contributed by atoms with E-state index in [2.05, 4.69) is 21.2 Å². The topological polar surface area (TPSA) is 86.8 Å². The Morgan fingerprint density at radius 2 is 1.45 bits per heavy atom. The van der Waals surface area contributed by atoms with Crippen LogP contribution in [0.3, 0.4) is 0 Å². The molecule has 4 aromatic rings. The van der Waals surface area contributed by atoms with Crippen molar-refractivity contribution in [1.82, 2.24) is 10.2 Å². The lowest BCUT2D eigenvalue weighted by Crippen LogP contribution is -2.55. The van der Waals surface area contributed by atoms with Gasteiger partial charge in [-0.3, -0.25) is 13.9 Å². The van der Waals surface area contributed by atoms with Crippen LogP contribution in [0.2, 0.25) is 10.0 Å². The second-order valence-corrected chi connectivity index (χ2v) is 15.2. The molecule has 11 heteroatoms. The van der Waals surface area contributed by atoms with Gasteiger partial charge < -0.3 is 10.2 Å². The molecule has 1 aliphatic carbocycles. The first kappa shape index (κ1) is 35.0. The number of halogens is 3. The molecule has 2 amide bonds. The molecule has 0 spiro atoms. The lowest BCUT2D eigenvalue weighted by molar-refractivity contribution is -0.140. The molecule has 0 aromatic heterocycles. The Kier molecular flexibility index (Phi) is 12.0. The Balaban J connectivity index is 1.59. The van der Waals surface area contributed by atoms with E-state index in [4.69, 9.17) is 23.2 Å². The Labute approximate surface area is 295 Å². The molecule has 7 nitrogen and oxygen atoms in total. The molecule has 0 unspecified atom stereocenters. The van der Waals surface area contributed by atoms with Crippen LogP contribution in [-0.2, 0) is 32.6 Å². The summed E-state index contributed by atoms with van der Waals surface area (Å²) in [6, 6.07) is 28.2. The van der Waals surface area contributed by atoms with Gasteiger partial charge in [-0.2, -0.15) is 0 Å². The number of nitrogens with zero attached hydrogens (tertiary/aromatic N) is 2. The summed E-state index contributed by atoms with van der Waals surface area (Å²) in [7, 11) is -4.20. The molecule has 5 rings (SSSR count). The van der Waals surface area contributed by atoms with Crippen molar-refractivity contribution in [3.05, 3.63) is 129 Å². The van der Waals surface area contributed by atoms with Crippen molar-refractivity contribution in [2.75, 3.05) is 10.8 Å². The molecule has 1 aliphatic rings. The summed E-state index contributed by atoms with van der Waals surface area (Å²) in [5.41, 5.74) is 1.60. The van der Waals surface area contributed by atoms with E-state index < -0.39 is 28.5 Å². The molecule has 1 N–H and O–H groups in total. The van der Waals surface area contributed by atoms with Crippen molar-refractivity contribution >= 4 is 66.7 Å². The van der Waals surface area contributed by atoms with Gasteiger partial charge in [0.15, 0.2) is 0 Å². The summed E-state index contributed by atoms with van der Waals surface area (Å²) in [4.78, 5) is 30.4. The van der Waals surface area contributed by atoms with Gasteiger partial charge in [0.05, 0.1) is 10.6 Å². The minimum Gasteiger partial charge on any atom is -0.352 e. The summed E-state index contributed by atoms with van der Waals surface area (Å²) in [5, 5.41) is 3.87. The molecule has 1 fully saturated rings. The molecule has 0 heterocycles. The van der Waals surface area contributed by atoms with Gasteiger partial charge in [-0.25, -0.2) is 8.42 Å². The molecule has 0 saturated heterocycles. The summed E-state index contributed by atoms with van der Waals surface area (Å²) in [6.07, 6.45) is 5.09. The van der Waals surface area contributed by atoms with Gasteiger partial charge in [0, 0.05) is 39.1 Å². The van der Waals surface area contributed by atoms with Crippen LogP contribution in [0.5, 0.6) is 0 Å². The summed E-state index contributed by atoms with van der Waals surface area (Å²) in [6.45, 7) is -0.678. The van der Waals surface area contributed by atoms with E-state index in [9.17, 15) is 18.0 Å². The van der Waals surface area contributed by atoms with E-state index >= 15 is 0 Å². The maximum Gasteiger partial charge on any atom is 0.264 e. The first-order chi connectivity index (χ1) is 22.6. The molecule has 0 radical (unpaired) electrons. The highest BCUT2D eigenvalue weighted by atomic mass is 79.9. The minimum absolute atomic E-state index is 0.00741. The number of nitrogens with one attached hydrogen (secondary N) is 1. The minimum atomic E-state index is -4.20. The van der Waals surface area contributed by atoms with Crippen LogP contribution < -0.4 is 9.62 Å². The number of amides is 2. The van der Waals surface area contributed by atoms with Crippen LogP contribution in [0.15, 0.2) is 112 Å². The van der Waals surface area contributed by atoms with Gasteiger partial charge >= 0.3 is 0 Å². The summed E-state index contributed by atoms with van der Waals surface area (Å²) in [5.74, 6) is -0.891. The summed E-state index contributed by atoms with van der Waals surface area (Å²) < 4.78 is 30.0. The molecule has 47 heavy (non-hydrogen) atoms. The van der Waals surface area contributed by atoms with Gasteiger partial charge in [-0.15, -0.1) is 0 Å². The van der Waals surface area contributed by atoms with Gasteiger partial charge in [-0.05, 0) is 60.9 Å². The van der Waals surface area contributed by atoms with Crippen LogP contribution >= 0.6 is 39.1 Å². The third kappa shape index (κ3) is 8.96. The summed E-state index contributed by atoms with van der Waals surface area (Å²) >= 11 is 16.7. The standard InChI is InChI=1S/C36H36BrCl2N3O4S/c37-27-14-10-17-29(23-27)42(47(45,46)30-18-8-3-9-19-30)25-35(43)41(24-31-32(38)20-11-21-33(31)39)34(22-26-12-4-1-5-13-26)36(44)40-28-15-6-2-7-16-28/h1,3-5,8-14,17-21,23,28,34H,2,6-7,15-16,22,24-25H2,(H,40,44)/t34-/m0/s1. The van der Waals surface area contributed by atoms with Gasteiger partial charge in [-0.1, -0.05) is 119 Å². The monoisotopic (exact) mass is 755 g/mol. The highest BCUT2D eigenvalue weighted by molar-refractivity contribution is 9.10. The van der Waals surface area contributed by atoms with Gasteiger partial charge in [0.1, 0.15) is 12.6 Å². The molecular formula is C36H36BrCl2N3O4S. The average molecular weight is 758 g/mol. The largest absolute Gasteiger partial charge is 0.352 e. The Morgan fingerprint density at radius 3 is 2.09 bits per heavy atom. The smallest absolute Gasteiger partial charge is 0.264 e. The molecule has 0 bridgehead atoms. The third-order valence-electron chi connectivity index (χ3n) is 8.32. The van der Waals surface area contributed by atoms with Crippen molar-refractivity contribution in [3.8, 4) is 0 Å². The lowest BCUT2D eigenvalue weighted by Gasteiger charge is -2.35. The molecule has 0 aliphatic heterocycles. The second-order valence-electron chi connectivity index (χ2n) is 11.6. The first-order valence-electron chi connectivity index (χ1n) is 15.5. The van der Waals surface area contributed by atoms with Crippen molar-refractivity contribution < 1.29 is 18.0 Å². The van der Waals surface area contributed by atoms with E-state index in [-0.39, 0.29) is 29.8 Å². The predicted molar refractivity (Wildman–Crippen MR) is 191 cm³/mol. The fourth-order valence-corrected chi connectivity index (χ4v) is 8.16. The van der Waals surface area contributed by atoms with Crippen LogP contribution in [0.25, 0.3) is 0 Å². The zero-order valence-electron chi connectivity index (χ0n) is 25.7. The number of sulfonamides is 1. The Bertz CT molecular complexity index is 1770. The first-order valence-corrected chi connectivity index (χ1v) is 18.5.